The van der Waals surface area contributed by atoms with E-state index >= 15 is 0 Å². The molecule has 0 radical (unpaired) electrons. The van der Waals surface area contributed by atoms with Crippen molar-refractivity contribution >= 4 is 11.8 Å². The first-order valence-electron chi connectivity index (χ1n) is 9.15. The van der Waals surface area contributed by atoms with Crippen molar-refractivity contribution in [3.8, 4) is 5.69 Å². The van der Waals surface area contributed by atoms with E-state index in [1.54, 1.807) is 19.2 Å². The lowest BCUT2D eigenvalue weighted by atomic mass is 9.81. The monoisotopic (exact) mass is 370 g/mol. The average molecular weight is 370 g/mol. The summed E-state index contributed by atoms with van der Waals surface area (Å²) in [7, 11) is 1.65. The second-order valence-corrected chi connectivity index (χ2v) is 6.90. The zero-order chi connectivity index (χ0) is 18.8. The van der Waals surface area contributed by atoms with Gasteiger partial charge in [0.2, 0.25) is 5.91 Å². The van der Waals surface area contributed by atoms with Crippen LogP contribution in [0.5, 0.6) is 0 Å². The highest BCUT2D eigenvalue weighted by molar-refractivity contribution is 5.94. The average Bonchev–Trinajstić information content (AvgIpc) is 3.27. The molecule has 2 fully saturated rings. The highest BCUT2D eigenvalue weighted by Gasteiger charge is 2.41. The number of carbonyl (C=O) groups is 2. The Kier molecular flexibility index (Phi) is 4.85. The van der Waals surface area contributed by atoms with E-state index in [1.807, 2.05) is 17.0 Å². The number of fused-ring (bicyclic) bond motifs is 1. The summed E-state index contributed by atoms with van der Waals surface area (Å²) >= 11 is 0. The molecule has 0 bridgehead atoms. The number of carbonyl (C=O) groups excluding carboxylic acids is 2. The molecular weight excluding hydrogens is 348 g/mol. The molecule has 4 rings (SSSR count). The SMILES string of the molecule is CNC(=O)[C@H]1CC[C@H]2OCCN(C(=O)c3ccc(-n4cnnn4)cc3)[C@@H]2C1. The Bertz CT molecular complexity index is 807. The van der Waals surface area contributed by atoms with Gasteiger partial charge in [0, 0.05) is 25.1 Å². The summed E-state index contributed by atoms with van der Waals surface area (Å²) in [5, 5.41) is 13.8. The van der Waals surface area contributed by atoms with Gasteiger partial charge in [-0.1, -0.05) is 0 Å². The third-order valence-electron chi connectivity index (χ3n) is 5.43. The van der Waals surface area contributed by atoms with Crippen molar-refractivity contribution in [2.45, 2.75) is 31.4 Å². The van der Waals surface area contributed by atoms with E-state index in [1.165, 1.54) is 11.0 Å². The number of amides is 2. The molecular formula is C18H22N6O3. The number of hydrogen-bond acceptors (Lipinski definition) is 6. The van der Waals surface area contributed by atoms with Crippen molar-refractivity contribution in [3.05, 3.63) is 36.2 Å². The zero-order valence-corrected chi connectivity index (χ0v) is 15.1. The molecule has 1 aromatic heterocycles. The molecule has 1 N–H and O–H groups in total. The maximum Gasteiger partial charge on any atom is 0.254 e. The molecule has 2 aromatic rings. The highest BCUT2D eigenvalue weighted by atomic mass is 16.5. The number of aromatic nitrogens is 4. The van der Waals surface area contributed by atoms with E-state index in [0.29, 0.717) is 25.1 Å². The van der Waals surface area contributed by atoms with Gasteiger partial charge in [0.1, 0.15) is 6.33 Å². The van der Waals surface area contributed by atoms with Crippen LogP contribution in [-0.2, 0) is 9.53 Å². The Labute approximate surface area is 156 Å². The molecule has 9 nitrogen and oxygen atoms in total. The molecule has 0 spiro atoms. The molecule has 9 heteroatoms. The lowest BCUT2D eigenvalue weighted by Gasteiger charge is -2.45. The summed E-state index contributed by atoms with van der Waals surface area (Å²) in [5.74, 6) is -0.0678. The third-order valence-corrected chi connectivity index (χ3v) is 5.43. The first kappa shape index (κ1) is 17.6. The Morgan fingerprint density at radius 1 is 1.22 bits per heavy atom. The molecule has 1 saturated carbocycles. The summed E-state index contributed by atoms with van der Waals surface area (Å²) in [6.07, 6.45) is 3.74. The normalized spacial score (nSPS) is 24.9. The lowest BCUT2D eigenvalue weighted by molar-refractivity contribution is -0.131. The predicted octanol–water partition coefficient (Wildman–Crippen LogP) is 0.418. The van der Waals surface area contributed by atoms with Crippen LogP contribution in [0.1, 0.15) is 29.6 Å². The van der Waals surface area contributed by atoms with Crippen LogP contribution in [0.4, 0.5) is 0 Å². The van der Waals surface area contributed by atoms with Crippen LogP contribution in [-0.4, -0.2) is 69.3 Å². The number of hydrogen-bond donors (Lipinski definition) is 1. The maximum atomic E-state index is 13.1. The molecule has 1 saturated heterocycles. The van der Waals surface area contributed by atoms with E-state index < -0.39 is 0 Å². The van der Waals surface area contributed by atoms with Crippen molar-refractivity contribution in [1.29, 1.82) is 0 Å². The van der Waals surface area contributed by atoms with Gasteiger partial charge in [-0.15, -0.1) is 5.10 Å². The Hall–Kier alpha value is -2.81. The summed E-state index contributed by atoms with van der Waals surface area (Å²) in [4.78, 5) is 27.1. The second-order valence-electron chi connectivity index (χ2n) is 6.90. The van der Waals surface area contributed by atoms with Gasteiger partial charge in [-0.2, -0.15) is 0 Å². The van der Waals surface area contributed by atoms with Crippen LogP contribution >= 0.6 is 0 Å². The van der Waals surface area contributed by atoms with Crippen LogP contribution in [0.2, 0.25) is 0 Å². The van der Waals surface area contributed by atoms with Gasteiger partial charge in [0.05, 0.1) is 24.4 Å². The van der Waals surface area contributed by atoms with Gasteiger partial charge in [0.25, 0.3) is 5.91 Å². The van der Waals surface area contributed by atoms with Gasteiger partial charge in [0.15, 0.2) is 0 Å². The standard InChI is InChI=1S/C18H22N6O3/c1-19-17(25)13-4-7-16-15(10-13)23(8-9-27-16)18(26)12-2-5-14(6-3-12)24-11-20-21-22-24/h2-3,5-6,11,13,15-16H,4,7-10H2,1H3,(H,19,25)/t13-,15+,16+/m0/s1. The predicted molar refractivity (Wildman–Crippen MR) is 95.1 cm³/mol. The summed E-state index contributed by atoms with van der Waals surface area (Å²) in [6.45, 7) is 1.06. The Morgan fingerprint density at radius 2 is 2.04 bits per heavy atom. The van der Waals surface area contributed by atoms with Gasteiger partial charge < -0.3 is 15.0 Å². The van der Waals surface area contributed by atoms with E-state index in [0.717, 1.165) is 18.5 Å². The minimum absolute atomic E-state index is 0.00380. The van der Waals surface area contributed by atoms with Crippen molar-refractivity contribution in [3.63, 3.8) is 0 Å². The molecule has 1 aliphatic carbocycles. The van der Waals surface area contributed by atoms with Crippen LogP contribution < -0.4 is 5.32 Å². The first-order chi connectivity index (χ1) is 13.2. The Morgan fingerprint density at radius 3 is 2.74 bits per heavy atom. The zero-order valence-electron chi connectivity index (χ0n) is 15.1. The largest absolute Gasteiger partial charge is 0.374 e. The summed E-state index contributed by atoms with van der Waals surface area (Å²) in [6, 6.07) is 7.12. The van der Waals surface area contributed by atoms with E-state index in [4.69, 9.17) is 4.74 Å². The number of nitrogens with one attached hydrogen (secondary N) is 1. The third kappa shape index (κ3) is 3.42. The fraction of sp³-hybridized carbons (Fsp3) is 0.500. The van der Waals surface area contributed by atoms with Crippen molar-refractivity contribution < 1.29 is 14.3 Å². The van der Waals surface area contributed by atoms with Gasteiger partial charge in [-0.05, 0) is 54.0 Å². The number of nitrogens with zero attached hydrogens (tertiary/aromatic N) is 5. The van der Waals surface area contributed by atoms with Crippen molar-refractivity contribution in [2.75, 3.05) is 20.2 Å². The summed E-state index contributed by atoms with van der Waals surface area (Å²) < 4.78 is 7.41. The fourth-order valence-electron chi connectivity index (χ4n) is 4.01. The molecule has 2 aliphatic rings. The van der Waals surface area contributed by atoms with Gasteiger partial charge in [-0.3, -0.25) is 9.59 Å². The van der Waals surface area contributed by atoms with E-state index in [-0.39, 0.29) is 29.9 Å². The van der Waals surface area contributed by atoms with Crippen LogP contribution in [0.3, 0.4) is 0 Å². The van der Waals surface area contributed by atoms with Crippen molar-refractivity contribution in [2.24, 2.45) is 5.92 Å². The summed E-state index contributed by atoms with van der Waals surface area (Å²) in [5.41, 5.74) is 1.39. The molecule has 2 heterocycles. The first-order valence-corrected chi connectivity index (χ1v) is 9.15. The lowest BCUT2D eigenvalue weighted by Crippen LogP contribution is -2.57. The highest BCUT2D eigenvalue weighted by Crippen LogP contribution is 2.33. The molecule has 1 aromatic carbocycles. The van der Waals surface area contributed by atoms with Crippen molar-refractivity contribution in [1.82, 2.24) is 30.4 Å². The minimum atomic E-state index is -0.0737. The number of morpholine rings is 1. The molecule has 1 aliphatic heterocycles. The number of ether oxygens (including phenoxy) is 1. The topological polar surface area (TPSA) is 102 Å². The van der Waals surface area contributed by atoms with Gasteiger partial charge in [-0.25, -0.2) is 4.68 Å². The molecule has 142 valence electrons. The quantitative estimate of drug-likeness (QED) is 0.840. The van der Waals surface area contributed by atoms with E-state index in [2.05, 4.69) is 20.8 Å². The smallest absolute Gasteiger partial charge is 0.254 e. The molecule has 0 unspecified atom stereocenters. The minimum Gasteiger partial charge on any atom is -0.374 e. The number of rotatable bonds is 3. The van der Waals surface area contributed by atoms with Crippen LogP contribution in [0.25, 0.3) is 5.69 Å². The number of benzene rings is 1. The molecule has 3 atom stereocenters. The molecule has 2 amide bonds. The van der Waals surface area contributed by atoms with Gasteiger partial charge >= 0.3 is 0 Å². The molecule has 27 heavy (non-hydrogen) atoms. The second kappa shape index (κ2) is 7.43. The fourth-order valence-corrected chi connectivity index (χ4v) is 4.01. The van der Waals surface area contributed by atoms with E-state index in [9.17, 15) is 9.59 Å². The number of tetrazole rings is 1. The van der Waals surface area contributed by atoms with Crippen LogP contribution in [0.15, 0.2) is 30.6 Å². The maximum absolute atomic E-state index is 13.1. The Balaban J connectivity index is 1.52. The van der Waals surface area contributed by atoms with Crippen LogP contribution in [0, 0.1) is 5.92 Å².